The van der Waals surface area contributed by atoms with Crippen molar-refractivity contribution in [2.24, 2.45) is 4.99 Å². The van der Waals surface area contributed by atoms with Crippen molar-refractivity contribution in [3.8, 4) is 5.75 Å². The summed E-state index contributed by atoms with van der Waals surface area (Å²) in [6, 6.07) is 23.6. The molecule has 0 radical (unpaired) electrons. The van der Waals surface area contributed by atoms with E-state index in [4.69, 9.17) is 9.73 Å². The first-order chi connectivity index (χ1) is 17.2. The van der Waals surface area contributed by atoms with Crippen molar-refractivity contribution in [2.75, 3.05) is 5.32 Å². The average Bonchev–Trinajstić information content (AvgIpc) is 3.26. The van der Waals surface area contributed by atoms with Gasteiger partial charge in [0.2, 0.25) is 0 Å². The average molecular weight is 485 g/mol. The smallest absolute Gasteiger partial charge is 0.259 e. The molecular formula is C29H25FN2O2S. The molecule has 1 aliphatic rings. The number of nitrogens with zero attached hydrogens (tertiary/aromatic N) is 1. The van der Waals surface area contributed by atoms with E-state index in [0.29, 0.717) is 16.9 Å². The number of hydrogen-bond acceptors (Lipinski definition) is 4. The van der Waals surface area contributed by atoms with Gasteiger partial charge < -0.3 is 10.1 Å². The number of aryl methyl sites for hydroxylation is 1. The second-order valence-electron chi connectivity index (χ2n) is 8.42. The molecule has 1 aromatic heterocycles. The van der Waals surface area contributed by atoms with Gasteiger partial charge in [-0.2, -0.15) is 0 Å². The number of hydrogen-bond donors (Lipinski definition) is 1. The molecule has 4 nitrogen and oxygen atoms in total. The molecule has 176 valence electrons. The molecule has 1 heterocycles. The van der Waals surface area contributed by atoms with E-state index in [2.05, 4.69) is 5.32 Å². The molecule has 0 unspecified atom stereocenters. The molecule has 5 rings (SSSR count). The number of fused-ring (bicyclic) bond motifs is 1. The number of ether oxygens (including phenoxy) is 1. The molecule has 0 saturated heterocycles. The summed E-state index contributed by atoms with van der Waals surface area (Å²) in [5.41, 5.74) is 3.92. The highest BCUT2D eigenvalue weighted by molar-refractivity contribution is 7.16. The van der Waals surface area contributed by atoms with Crippen molar-refractivity contribution in [1.82, 2.24) is 0 Å². The third-order valence-electron chi connectivity index (χ3n) is 5.95. The second-order valence-corrected chi connectivity index (χ2v) is 9.51. The largest absolute Gasteiger partial charge is 0.489 e. The number of benzene rings is 3. The number of carbonyl (C=O) groups excluding carboxylic acids is 1. The first-order valence-electron chi connectivity index (χ1n) is 11.7. The van der Waals surface area contributed by atoms with E-state index in [0.717, 1.165) is 47.5 Å². The Morgan fingerprint density at radius 1 is 1.00 bits per heavy atom. The Balaban J connectivity index is 1.37. The van der Waals surface area contributed by atoms with E-state index in [1.54, 1.807) is 35.8 Å². The molecule has 0 aliphatic heterocycles. The van der Waals surface area contributed by atoms with E-state index in [1.165, 1.54) is 10.9 Å². The highest BCUT2D eigenvalue weighted by Gasteiger charge is 2.25. The SMILES string of the molecule is O=C(Nc1ccccc1)c1c(N=Cc2cccc(OCc3ccccc3F)c2)sc2c1CCCC2. The summed E-state index contributed by atoms with van der Waals surface area (Å²) >= 11 is 1.60. The Bertz CT molecular complexity index is 1360. The van der Waals surface area contributed by atoms with Gasteiger partial charge in [0, 0.05) is 22.3 Å². The maximum absolute atomic E-state index is 13.9. The van der Waals surface area contributed by atoms with Gasteiger partial charge in [-0.15, -0.1) is 11.3 Å². The van der Waals surface area contributed by atoms with Crippen molar-refractivity contribution < 1.29 is 13.9 Å². The maximum Gasteiger partial charge on any atom is 0.259 e. The highest BCUT2D eigenvalue weighted by Crippen LogP contribution is 2.40. The number of aliphatic imine (C=N–C) groups is 1. The van der Waals surface area contributed by atoms with E-state index in [-0.39, 0.29) is 18.3 Å². The molecule has 0 saturated carbocycles. The molecule has 1 amide bonds. The zero-order chi connectivity index (χ0) is 24.0. The minimum Gasteiger partial charge on any atom is -0.489 e. The van der Waals surface area contributed by atoms with Crippen LogP contribution in [0.15, 0.2) is 83.9 Å². The quantitative estimate of drug-likeness (QED) is 0.279. The zero-order valence-electron chi connectivity index (χ0n) is 19.2. The van der Waals surface area contributed by atoms with Crippen molar-refractivity contribution >= 4 is 34.1 Å². The second kappa shape index (κ2) is 10.7. The van der Waals surface area contributed by atoms with Crippen LogP contribution < -0.4 is 10.1 Å². The normalized spacial score (nSPS) is 12.9. The number of amides is 1. The Labute approximate surface area is 208 Å². The third kappa shape index (κ3) is 5.49. The number of para-hydroxylation sites is 1. The topological polar surface area (TPSA) is 50.7 Å². The molecule has 35 heavy (non-hydrogen) atoms. The van der Waals surface area contributed by atoms with Crippen LogP contribution in [0.3, 0.4) is 0 Å². The molecule has 0 fully saturated rings. The van der Waals surface area contributed by atoms with Crippen LogP contribution in [0.4, 0.5) is 15.1 Å². The molecule has 1 aliphatic carbocycles. The molecule has 4 aromatic rings. The molecule has 0 bridgehead atoms. The summed E-state index contributed by atoms with van der Waals surface area (Å²) in [6.45, 7) is 0.148. The number of halogens is 1. The lowest BCUT2D eigenvalue weighted by Gasteiger charge is -2.12. The van der Waals surface area contributed by atoms with Crippen LogP contribution in [0.25, 0.3) is 0 Å². The van der Waals surface area contributed by atoms with Crippen molar-refractivity contribution in [3.63, 3.8) is 0 Å². The van der Waals surface area contributed by atoms with Gasteiger partial charge in [0.25, 0.3) is 5.91 Å². The van der Waals surface area contributed by atoms with Gasteiger partial charge in [0.1, 0.15) is 23.2 Å². The number of nitrogens with one attached hydrogen (secondary N) is 1. The lowest BCUT2D eigenvalue weighted by molar-refractivity contribution is 0.102. The molecular weight excluding hydrogens is 459 g/mol. The fourth-order valence-corrected chi connectivity index (χ4v) is 5.42. The predicted molar refractivity (Wildman–Crippen MR) is 140 cm³/mol. The molecule has 1 N–H and O–H groups in total. The van der Waals surface area contributed by atoms with Gasteiger partial charge in [-0.25, -0.2) is 9.38 Å². The summed E-state index contributed by atoms with van der Waals surface area (Å²) in [5, 5.41) is 3.75. The Morgan fingerprint density at radius 3 is 2.66 bits per heavy atom. The first kappa shape index (κ1) is 23.0. The number of carbonyl (C=O) groups is 1. The van der Waals surface area contributed by atoms with Gasteiger partial charge in [-0.1, -0.05) is 48.5 Å². The predicted octanol–water partition coefficient (Wildman–Crippen LogP) is 7.35. The van der Waals surface area contributed by atoms with Crippen molar-refractivity contribution in [1.29, 1.82) is 0 Å². The Kier molecular flexibility index (Phi) is 7.00. The van der Waals surface area contributed by atoms with Crippen LogP contribution in [0.5, 0.6) is 5.75 Å². The third-order valence-corrected chi connectivity index (χ3v) is 7.15. The van der Waals surface area contributed by atoms with E-state index in [1.807, 2.05) is 54.6 Å². The standard InChI is InChI=1S/C29H25FN2O2S/c30-25-15-6-4-10-21(25)19-34-23-13-8-9-20(17-23)18-31-29-27(24-14-5-7-16-26(24)35-29)28(33)32-22-11-2-1-3-12-22/h1-4,6,8-13,15,17-18H,5,7,14,16,19H2,(H,32,33). The molecule has 6 heteroatoms. The molecule has 3 aromatic carbocycles. The fraction of sp³-hybridized carbons (Fsp3) is 0.172. The van der Waals surface area contributed by atoms with Crippen LogP contribution in [0.2, 0.25) is 0 Å². The monoisotopic (exact) mass is 484 g/mol. The molecule has 0 spiro atoms. The van der Waals surface area contributed by atoms with Crippen LogP contribution in [-0.4, -0.2) is 12.1 Å². The summed E-state index contributed by atoms with van der Waals surface area (Å²) in [6.07, 6.45) is 5.86. The van der Waals surface area contributed by atoms with Gasteiger partial charge in [0.15, 0.2) is 0 Å². The maximum atomic E-state index is 13.9. The first-order valence-corrected chi connectivity index (χ1v) is 12.5. The lowest BCUT2D eigenvalue weighted by atomic mass is 9.95. The Hall–Kier alpha value is -3.77. The van der Waals surface area contributed by atoms with E-state index >= 15 is 0 Å². The van der Waals surface area contributed by atoms with Crippen LogP contribution in [0.1, 0.15) is 44.8 Å². The highest BCUT2D eigenvalue weighted by atomic mass is 32.1. The van der Waals surface area contributed by atoms with Crippen molar-refractivity contribution in [3.05, 3.63) is 112 Å². The van der Waals surface area contributed by atoms with Gasteiger partial charge >= 0.3 is 0 Å². The van der Waals surface area contributed by atoms with Crippen molar-refractivity contribution in [2.45, 2.75) is 32.3 Å². The molecule has 0 atom stereocenters. The minimum absolute atomic E-state index is 0.121. The Morgan fingerprint density at radius 2 is 1.80 bits per heavy atom. The summed E-state index contributed by atoms with van der Waals surface area (Å²) in [7, 11) is 0. The fourth-order valence-electron chi connectivity index (χ4n) is 4.19. The number of anilines is 1. The summed E-state index contributed by atoms with van der Waals surface area (Å²) in [5.74, 6) is 0.225. The zero-order valence-corrected chi connectivity index (χ0v) is 20.0. The van der Waals surface area contributed by atoms with E-state index in [9.17, 15) is 9.18 Å². The number of thiophene rings is 1. The van der Waals surface area contributed by atoms with Crippen LogP contribution in [0, 0.1) is 5.82 Å². The number of rotatable bonds is 7. The van der Waals surface area contributed by atoms with Gasteiger partial charge in [-0.3, -0.25) is 4.79 Å². The summed E-state index contributed by atoms with van der Waals surface area (Å²) < 4.78 is 19.7. The lowest BCUT2D eigenvalue weighted by Crippen LogP contribution is -2.14. The van der Waals surface area contributed by atoms with Gasteiger partial charge in [-0.05, 0) is 67.1 Å². The van der Waals surface area contributed by atoms with Gasteiger partial charge in [0.05, 0.1) is 5.56 Å². The minimum atomic E-state index is -0.284. The van der Waals surface area contributed by atoms with Crippen LogP contribution >= 0.6 is 11.3 Å². The summed E-state index contributed by atoms with van der Waals surface area (Å²) in [4.78, 5) is 19.2. The van der Waals surface area contributed by atoms with E-state index < -0.39 is 0 Å². The van der Waals surface area contributed by atoms with Crippen LogP contribution in [-0.2, 0) is 19.4 Å².